The zero-order chi connectivity index (χ0) is 4.50. The van der Waals surface area contributed by atoms with Gasteiger partial charge >= 0.3 is 67.0 Å². The van der Waals surface area contributed by atoms with Crippen LogP contribution in [-0.4, -0.2) is 55.3 Å². The second kappa shape index (κ2) is 5.86. The Hall–Kier alpha value is 1.73. The van der Waals surface area contributed by atoms with Gasteiger partial charge in [0.15, 0.2) is 0 Å². The first kappa shape index (κ1) is 15.9. The van der Waals surface area contributed by atoms with Gasteiger partial charge in [-0.1, -0.05) is 0 Å². The second-order valence-corrected chi connectivity index (χ2v) is 1.34. The van der Waals surface area contributed by atoms with Crippen molar-refractivity contribution in [3.05, 3.63) is 0 Å². The van der Waals surface area contributed by atoms with Crippen LogP contribution < -0.4 is 18.9 Å². The van der Waals surface area contributed by atoms with E-state index >= 15 is 0 Å². The van der Waals surface area contributed by atoms with Crippen molar-refractivity contribution < 1.29 is 40.7 Å². The molecule has 0 atom stereocenters. The third-order valence-electron chi connectivity index (χ3n) is 0. The van der Waals surface area contributed by atoms with E-state index in [1.54, 1.807) is 0 Å². The summed E-state index contributed by atoms with van der Waals surface area (Å²) in [5, 5.41) is 0. The average molecular weight is 148 g/mol. The minimum atomic E-state index is -4.67. The molecule has 0 radical (unpaired) electrons. The zero-order valence-corrected chi connectivity index (χ0v) is 6.85. The number of rotatable bonds is 0. The van der Waals surface area contributed by atoms with Crippen molar-refractivity contribution in [1.82, 2.24) is 0 Å². The average Bonchev–Trinajstić information content (AvgIpc) is 0.722. The predicted molar refractivity (Wildman–Crippen MR) is 23.3 cm³/mol. The summed E-state index contributed by atoms with van der Waals surface area (Å²) in [7, 11) is -4.67. The first-order chi connectivity index (χ1) is 2.00. The van der Waals surface area contributed by atoms with E-state index in [-0.39, 0.29) is 60.9 Å². The van der Waals surface area contributed by atoms with Crippen LogP contribution in [0.2, 0.25) is 0 Å². The van der Waals surface area contributed by atoms with E-state index < -0.39 is 10.4 Å². The molecule has 0 aliphatic carbocycles. The van der Waals surface area contributed by atoms with Gasteiger partial charge in [-0.25, -0.2) is 0 Å². The molecule has 0 heterocycles. The van der Waals surface area contributed by atoms with Crippen molar-refractivity contribution in [2.75, 3.05) is 0 Å². The molecule has 0 aliphatic heterocycles. The number of hydrogen-bond acceptors (Lipinski definition) is 2. The standard InChI is InChI=1S/Ca.Li.H2O4S.3H/c;;1-5(2,3)4;;;/h;;(H2,1,2,3,4);;;/q+2;+1;;3*-1. The van der Waals surface area contributed by atoms with Crippen molar-refractivity contribution in [2.24, 2.45) is 0 Å². The molecule has 0 saturated heterocycles. The third-order valence-corrected chi connectivity index (χ3v) is 0. The van der Waals surface area contributed by atoms with Crippen molar-refractivity contribution in [1.29, 1.82) is 0 Å². The summed E-state index contributed by atoms with van der Waals surface area (Å²) in [6.07, 6.45) is 0. The van der Waals surface area contributed by atoms with Crippen LogP contribution in [0.5, 0.6) is 0 Å². The van der Waals surface area contributed by atoms with Crippen LogP contribution in [0.15, 0.2) is 0 Å². The Morgan fingerprint density at radius 3 is 1.29 bits per heavy atom. The molecule has 0 saturated carbocycles. The van der Waals surface area contributed by atoms with Crippen LogP contribution in [0.3, 0.4) is 0 Å². The van der Waals surface area contributed by atoms with Crippen LogP contribution in [-0.2, 0) is 10.4 Å². The van der Waals surface area contributed by atoms with Crippen molar-refractivity contribution >= 4 is 48.1 Å². The topological polar surface area (TPSA) is 74.6 Å². The Morgan fingerprint density at radius 2 is 1.29 bits per heavy atom. The fourth-order valence-corrected chi connectivity index (χ4v) is 0. The summed E-state index contributed by atoms with van der Waals surface area (Å²) in [6.45, 7) is 0. The van der Waals surface area contributed by atoms with Crippen LogP contribution in [0.4, 0.5) is 0 Å². The molecule has 0 aromatic rings. The van der Waals surface area contributed by atoms with E-state index in [0.717, 1.165) is 0 Å². The molecule has 0 spiro atoms. The van der Waals surface area contributed by atoms with Crippen LogP contribution in [0.25, 0.3) is 0 Å². The molecule has 0 rings (SSSR count). The molecule has 7 heavy (non-hydrogen) atoms. The maximum Gasteiger partial charge on any atom is 2.00 e. The van der Waals surface area contributed by atoms with Crippen molar-refractivity contribution in [3.8, 4) is 0 Å². The summed E-state index contributed by atoms with van der Waals surface area (Å²) in [6, 6.07) is 0. The summed E-state index contributed by atoms with van der Waals surface area (Å²) >= 11 is 0. The van der Waals surface area contributed by atoms with Gasteiger partial charge in [0.1, 0.15) is 0 Å². The fraction of sp³-hybridized carbons (Fsp3) is 0. The Bertz CT molecular complexity index is 104. The first-order valence-corrected chi connectivity index (χ1v) is 2.10. The first-order valence-electron chi connectivity index (χ1n) is 0.698. The maximum atomic E-state index is 8.74. The summed E-state index contributed by atoms with van der Waals surface area (Å²) in [5.74, 6) is 0. The smallest absolute Gasteiger partial charge is 1.00 e. The predicted octanol–water partition coefficient (Wildman–Crippen LogP) is -3.69. The molecule has 7 heteroatoms. The molecule has 0 amide bonds. The minimum absolute atomic E-state index is 0. The van der Waals surface area contributed by atoms with E-state index in [2.05, 4.69) is 0 Å². The zero-order valence-electron chi connectivity index (χ0n) is 6.83. The molecule has 0 unspecified atom stereocenters. The van der Waals surface area contributed by atoms with Gasteiger partial charge < -0.3 is 4.28 Å². The molecule has 2 N–H and O–H groups in total. The van der Waals surface area contributed by atoms with Crippen LogP contribution in [0, 0.1) is 0 Å². The van der Waals surface area contributed by atoms with Gasteiger partial charge in [0.05, 0.1) is 0 Å². The Labute approximate surface area is 87.9 Å². The largest absolute Gasteiger partial charge is 2.00 e. The Morgan fingerprint density at radius 1 is 1.29 bits per heavy atom. The summed E-state index contributed by atoms with van der Waals surface area (Å²) in [4.78, 5) is 0. The van der Waals surface area contributed by atoms with Gasteiger partial charge in [-0.2, -0.15) is 8.42 Å². The van der Waals surface area contributed by atoms with Crippen molar-refractivity contribution in [3.63, 3.8) is 0 Å². The van der Waals surface area contributed by atoms with Gasteiger partial charge in [-0.05, 0) is 0 Å². The van der Waals surface area contributed by atoms with E-state index in [9.17, 15) is 0 Å². The SMILES string of the molecule is O=S(=O)(O)O.[Ca+2].[H-].[H-].[H-].[Li+]. The molecule has 38 valence electrons. The Kier molecular flexibility index (Phi) is 13.3. The fourth-order valence-electron chi connectivity index (χ4n) is 0. The molecular formula is H5CaLiO4S. The van der Waals surface area contributed by atoms with Crippen LogP contribution in [0.1, 0.15) is 4.28 Å². The van der Waals surface area contributed by atoms with E-state index in [1.165, 1.54) is 0 Å². The molecule has 0 aromatic heterocycles. The van der Waals surface area contributed by atoms with Gasteiger partial charge in [-0.3, -0.25) is 9.11 Å². The monoisotopic (exact) mass is 148 g/mol. The van der Waals surface area contributed by atoms with Gasteiger partial charge in [0.25, 0.3) is 0 Å². The summed E-state index contributed by atoms with van der Waals surface area (Å²) in [5.41, 5.74) is 0. The normalized spacial score (nSPS) is 8.29. The quantitative estimate of drug-likeness (QED) is 0.274. The third kappa shape index (κ3) is 85.0. The number of hydrogen-bond donors (Lipinski definition) is 2. The summed E-state index contributed by atoms with van der Waals surface area (Å²) < 4.78 is 31.6. The molecule has 0 bridgehead atoms. The molecule has 4 nitrogen and oxygen atoms in total. The minimum Gasteiger partial charge on any atom is -1.00 e. The molecule has 0 aromatic carbocycles. The van der Waals surface area contributed by atoms with Crippen molar-refractivity contribution in [2.45, 2.75) is 0 Å². The van der Waals surface area contributed by atoms with Gasteiger partial charge in [0, 0.05) is 0 Å². The van der Waals surface area contributed by atoms with E-state index in [0.29, 0.717) is 0 Å². The van der Waals surface area contributed by atoms with E-state index in [4.69, 9.17) is 17.5 Å². The van der Waals surface area contributed by atoms with E-state index in [1.807, 2.05) is 0 Å². The van der Waals surface area contributed by atoms with Crippen LogP contribution >= 0.6 is 0 Å². The second-order valence-electron chi connectivity index (χ2n) is 0.448. The molecular weight excluding hydrogens is 143 g/mol. The Balaban J connectivity index is -0.00000000800. The molecule has 0 aliphatic rings. The van der Waals surface area contributed by atoms with Gasteiger partial charge in [-0.15, -0.1) is 0 Å². The molecule has 0 fully saturated rings. The van der Waals surface area contributed by atoms with Gasteiger partial charge in [0.2, 0.25) is 0 Å². The maximum absolute atomic E-state index is 8.74.